The van der Waals surface area contributed by atoms with Gasteiger partial charge in [0.05, 0.1) is 11.4 Å². The van der Waals surface area contributed by atoms with Crippen molar-refractivity contribution in [1.29, 1.82) is 0 Å². The molecule has 0 radical (unpaired) electrons. The fraction of sp³-hybridized carbons (Fsp3) is 0.571. The van der Waals surface area contributed by atoms with E-state index in [4.69, 9.17) is 4.74 Å². The fourth-order valence-corrected chi connectivity index (χ4v) is 2.01. The predicted octanol–water partition coefficient (Wildman–Crippen LogP) is 1.87. The molecule has 0 fully saturated rings. The van der Waals surface area contributed by atoms with Crippen molar-refractivity contribution in [3.63, 3.8) is 0 Å². The van der Waals surface area contributed by atoms with Crippen LogP contribution in [0.4, 0.5) is 4.79 Å². The van der Waals surface area contributed by atoms with Crippen LogP contribution >= 0.6 is 0 Å². The molecule has 1 amide bonds. The first-order chi connectivity index (χ1) is 9.53. The summed E-state index contributed by atoms with van der Waals surface area (Å²) in [6.07, 6.45) is 0.216. The molecule has 2 N–H and O–H groups in total. The van der Waals surface area contributed by atoms with E-state index in [-0.39, 0.29) is 0 Å². The van der Waals surface area contributed by atoms with Crippen molar-refractivity contribution in [2.24, 2.45) is 0 Å². The molecule has 0 saturated carbocycles. The third-order valence-corrected chi connectivity index (χ3v) is 3.31. The third-order valence-electron chi connectivity index (χ3n) is 3.31. The van der Waals surface area contributed by atoms with Crippen LogP contribution in [-0.4, -0.2) is 48.4 Å². The summed E-state index contributed by atoms with van der Waals surface area (Å²) in [7, 11) is 0. The van der Waals surface area contributed by atoms with Crippen molar-refractivity contribution < 1.29 is 14.3 Å². The van der Waals surface area contributed by atoms with Crippen LogP contribution in [0.2, 0.25) is 0 Å². The van der Waals surface area contributed by atoms with Crippen molar-refractivity contribution in [2.75, 3.05) is 26.2 Å². The van der Waals surface area contributed by atoms with Gasteiger partial charge in [-0.1, -0.05) is 13.8 Å². The second-order valence-electron chi connectivity index (χ2n) is 4.58. The minimum absolute atomic E-state index is 0.424. The van der Waals surface area contributed by atoms with Gasteiger partial charge in [-0.3, -0.25) is 4.79 Å². The molecular weight excluding hydrogens is 258 g/mol. The maximum Gasteiger partial charge on any atom is 0.412 e. The van der Waals surface area contributed by atoms with E-state index in [1.165, 1.54) is 0 Å². The van der Waals surface area contributed by atoms with Gasteiger partial charge < -0.3 is 19.9 Å². The molecule has 0 saturated heterocycles. The Labute approximate surface area is 119 Å². The minimum Gasteiger partial charge on any atom is -0.408 e. The van der Waals surface area contributed by atoms with E-state index in [1.807, 2.05) is 0 Å². The summed E-state index contributed by atoms with van der Waals surface area (Å²) in [5.41, 5.74) is 1.76. The molecule has 0 aliphatic heterocycles. The number of nitrogens with one attached hydrogen (secondary N) is 2. The molecule has 1 aromatic heterocycles. The van der Waals surface area contributed by atoms with Crippen LogP contribution in [0.15, 0.2) is 0 Å². The number of nitrogens with zero attached hydrogens (tertiary/aromatic N) is 1. The lowest BCUT2D eigenvalue weighted by Gasteiger charge is -2.17. The first-order valence-electron chi connectivity index (χ1n) is 6.85. The van der Waals surface area contributed by atoms with E-state index in [0.29, 0.717) is 35.5 Å². The zero-order valence-electron chi connectivity index (χ0n) is 12.6. The first kappa shape index (κ1) is 16.2. The highest BCUT2D eigenvalue weighted by Crippen LogP contribution is 2.25. The summed E-state index contributed by atoms with van der Waals surface area (Å²) < 4.78 is 5.25. The maximum atomic E-state index is 11.7. The number of aldehydes is 1. The van der Waals surface area contributed by atoms with E-state index >= 15 is 0 Å². The number of carbonyl (C=O) groups excluding carboxylic acids is 2. The normalized spacial score (nSPS) is 10.7. The summed E-state index contributed by atoms with van der Waals surface area (Å²) in [4.78, 5) is 27.6. The zero-order chi connectivity index (χ0) is 15.1. The second-order valence-corrected chi connectivity index (χ2v) is 4.58. The van der Waals surface area contributed by atoms with Crippen molar-refractivity contribution in [3.8, 4) is 5.75 Å². The lowest BCUT2D eigenvalue weighted by atomic mass is 10.2. The SMILES string of the molecule is CCN(CC)CCNC(=O)Oc1c(C)[nH]c(C=O)c1C. The van der Waals surface area contributed by atoms with Crippen molar-refractivity contribution in [1.82, 2.24) is 15.2 Å². The second kappa shape index (κ2) is 7.69. The molecule has 0 aliphatic rings. The molecule has 6 heteroatoms. The highest BCUT2D eigenvalue weighted by atomic mass is 16.6. The van der Waals surface area contributed by atoms with Gasteiger partial charge in [0.2, 0.25) is 0 Å². The Balaban J connectivity index is 2.51. The van der Waals surface area contributed by atoms with Crippen LogP contribution in [0.3, 0.4) is 0 Å². The van der Waals surface area contributed by atoms with Gasteiger partial charge in [0.1, 0.15) is 0 Å². The molecule has 1 rings (SSSR count). The fourth-order valence-electron chi connectivity index (χ4n) is 2.01. The van der Waals surface area contributed by atoms with Gasteiger partial charge in [-0.2, -0.15) is 0 Å². The largest absolute Gasteiger partial charge is 0.412 e. The molecule has 0 atom stereocenters. The quantitative estimate of drug-likeness (QED) is 0.748. The molecule has 112 valence electrons. The van der Waals surface area contributed by atoms with Crippen LogP contribution in [-0.2, 0) is 0 Å². The number of aryl methyl sites for hydroxylation is 1. The minimum atomic E-state index is -0.500. The number of aromatic amines is 1. The van der Waals surface area contributed by atoms with Crippen LogP contribution in [0.25, 0.3) is 0 Å². The van der Waals surface area contributed by atoms with Gasteiger partial charge >= 0.3 is 6.09 Å². The number of rotatable bonds is 7. The number of amides is 1. The molecule has 0 aliphatic carbocycles. The monoisotopic (exact) mass is 281 g/mol. The van der Waals surface area contributed by atoms with Crippen LogP contribution in [0, 0.1) is 13.8 Å². The molecule has 0 aromatic carbocycles. The summed E-state index contributed by atoms with van der Waals surface area (Å²) in [5, 5.41) is 2.71. The summed E-state index contributed by atoms with van der Waals surface area (Å²) in [6.45, 7) is 10.9. The van der Waals surface area contributed by atoms with E-state index in [2.05, 4.69) is 29.0 Å². The highest BCUT2D eigenvalue weighted by Gasteiger charge is 2.15. The van der Waals surface area contributed by atoms with Crippen molar-refractivity contribution in [2.45, 2.75) is 27.7 Å². The van der Waals surface area contributed by atoms with Crippen LogP contribution in [0.1, 0.15) is 35.6 Å². The number of H-pyrrole nitrogens is 1. The average Bonchev–Trinajstić information content (AvgIpc) is 2.71. The van der Waals surface area contributed by atoms with Gasteiger partial charge in [0.15, 0.2) is 12.0 Å². The van der Waals surface area contributed by atoms with Crippen LogP contribution in [0.5, 0.6) is 5.75 Å². The Hall–Kier alpha value is -1.82. The summed E-state index contributed by atoms with van der Waals surface area (Å²) >= 11 is 0. The highest BCUT2D eigenvalue weighted by molar-refractivity contribution is 5.79. The topological polar surface area (TPSA) is 74.4 Å². The number of hydrogen-bond donors (Lipinski definition) is 2. The number of carbonyl (C=O) groups is 2. The van der Waals surface area contributed by atoms with Gasteiger partial charge in [-0.25, -0.2) is 4.79 Å². The predicted molar refractivity (Wildman–Crippen MR) is 77.5 cm³/mol. The molecule has 1 aromatic rings. The molecule has 20 heavy (non-hydrogen) atoms. The number of hydrogen-bond acceptors (Lipinski definition) is 4. The van der Waals surface area contributed by atoms with E-state index in [1.54, 1.807) is 13.8 Å². The number of ether oxygens (including phenoxy) is 1. The number of aromatic nitrogens is 1. The van der Waals surface area contributed by atoms with Crippen molar-refractivity contribution in [3.05, 3.63) is 17.0 Å². The molecular formula is C14H23N3O3. The smallest absolute Gasteiger partial charge is 0.408 e. The van der Waals surface area contributed by atoms with Gasteiger partial charge in [-0.05, 0) is 26.9 Å². The lowest BCUT2D eigenvalue weighted by Crippen LogP contribution is -2.36. The Bertz CT molecular complexity index is 464. The Kier molecular flexibility index (Phi) is 6.24. The molecule has 0 spiro atoms. The van der Waals surface area contributed by atoms with E-state index in [0.717, 1.165) is 19.6 Å². The third kappa shape index (κ3) is 4.09. The number of likely N-dealkylation sites (N-methyl/N-ethyl adjacent to an activating group) is 1. The average molecular weight is 281 g/mol. The molecule has 1 heterocycles. The van der Waals surface area contributed by atoms with E-state index < -0.39 is 6.09 Å². The van der Waals surface area contributed by atoms with Crippen LogP contribution < -0.4 is 10.1 Å². The van der Waals surface area contributed by atoms with Crippen molar-refractivity contribution >= 4 is 12.4 Å². The van der Waals surface area contributed by atoms with Gasteiger partial charge in [-0.15, -0.1) is 0 Å². The summed E-state index contributed by atoms with van der Waals surface area (Å²) in [6, 6.07) is 0. The lowest BCUT2D eigenvalue weighted by molar-refractivity contribution is 0.111. The molecule has 6 nitrogen and oxygen atoms in total. The Morgan fingerprint density at radius 3 is 2.50 bits per heavy atom. The van der Waals surface area contributed by atoms with Gasteiger partial charge in [0, 0.05) is 18.7 Å². The first-order valence-corrected chi connectivity index (χ1v) is 6.85. The zero-order valence-corrected chi connectivity index (χ0v) is 12.6. The summed E-state index contributed by atoms with van der Waals surface area (Å²) in [5.74, 6) is 0.424. The maximum absolute atomic E-state index is 11.7. The Morgan fingerprint density at radius 1 is 1.35 bits per heavy atom. The Morgan fingerprint density at radius 2 is 2.00 bits per heavy atom. The van der Waals surface area contributed by atoms with Gasteiger partial charge in [0.25, 0.3) is 0 Å². The van der Waals surface area contributed by atoms with E-state index in [9.17, 15) is 9.59 Å². The molecule has 0 unspecified atom stereocenters. The standard InChI is InChI=1S/C14H23N3O3/c1-5-17(6-2)8-7-15-14(19)20-13-10(3)12(9-18)16-11(13)4/h9,16H,5-8H2,1-4H3,(H,15,19). The molecule has 0 bridgehead atoms.